The molecule has 2 aromatic carbocycles. The van der Waals surface area contributed by atoms with E-state index in [-0.39, 0.29) is 58.6 Å². The van der Waals surface area contributed by atoms with Gasteiger partial charge in [0.05, 0.1) is 18.0 Å². The first-order valence-corrected chi connectivity index (χ1v) is 13.1. The predicted octanol–water partition coefficient (Wildman–Crippen LogP) is 5.14. The molecule has 2 N–H and O–H groups in total. The number of allylic oxidation sites excluding steroid dienone is 1. The highest BCUT2D eigenvalue weighted by Crippen LogP contribution is 2.35. The molecule has 3 heterocycles. The number of anilines is 1. The second kappa shape index (κ2) is 10.6. The number of ether oxygens (including phenoxy) is 1. The number of fused-ring (bicyclic) bond motifs is 1. The minimum atomic E-state index is -0.824. The number of hydrogen-bond donors (Lipinski definition) is 1. The first-order valence-electron chi connectivity index (χ1n) is 13.1. The van der Waals surface area contributed by atoms with Gasteiger partial charge in [0, 0.05) is 36.4 Å². The van der Waals surface area contributed by atoms with Crippen LogP contribution < -0.4 is 10.5 Å². The summed E-state index contributed by atoms with van der Waals surface area (Å²) in [5.41, 5.74) is 6.99. The summed E-state index contributed by atoms with van der Waals surface area (Å²) in [5.74, 6) is -2.37. The number of aromatic nitrogens is 4. The molecule has 1 saturated heterocycles. The van der Waals surface area contributed by atoms with Crippen LogP contribution in [-0.4, -0.2) is 43.1 Å². The summed E-state index contributed by atoms with van der Waals surface area (Å²) >= 11 is 0. The molecular formula is C29H24F3N7O2. The van der Waals surface area contributed by atoms with Crippen LogP contribution in [0.3, 0.4) is 0 Å². The molecule has 2 fully saturated rings. The summed E-state index contributed by atoms with van der Waals surface area (Å²) in [6, 6.07) is 8.42. The Morgan fingerprint density at radius 3 is 2.59 bits per heavy atom. The standard InChI is InChI=1S/C29H24F3N7O2/c30-18-9-19(31)11-22(10-18)41-21-5-6-23(24(32)12-21)26-25-27(34)35-15-36-28(25)39(37-26)14-20-2-1-7-38(20)29(40)17(13-33)8-16-3-4-16/h5-6,8-12,15-16,20H,1-4,7,14H2,(H2,34,35,36)/b17-8-/t20-/m0/s1. The first kappa shape index (κ1) is 26.3. The minimum Gasteiger partial charge on any atom is -0.457 e. The van der Waals surface area contributed by atoms with E-state index in [1.54, 1.807) is 15.7 Å². The molecule has 1 aliphatic carbocycles. The number of benzene rings is 2. The molecule has 1 amide bonds. The van der Waals surface area contributed by atoms with Gasteiger partial charge < -0.3 is 15.4 Å². The number of amides is 1. The summed E-state index contributed by atoms with van der Waals surface area (Å²) in [6.07, 6.45) is 6.48. The zero-order valence-corrected chi connectivity index (χ0v) is 21.7. The Balaban J connectivity index is 1.31. The SMILES string of the molecule is N#C/C(=C/C1CC1)C(=O)N1CCC[C@H]1Cn1nc(-c2ccc(Oc3cc(F)cc(F)c3)cc2F)c2c(N)ncnc21. The first-order chi connectivity index (χ1) is 19.8. The minimum absolute atomic E-state index is 0.0249. The number of nitrogens with two attached hydrogens (primary N) is 1. The van der Waals surface area contributed by atoms with Crippen molar-refractivity contribution in [2.45, 2.75) is 38.3 Å². The van der Waals surface area contributed by atoms with Crippen molar-refractivity contribution in [1.29, 1.82) is 5.26 Å². The van der Waals surface area contributed by atoms with Crippen LogP contribution in [-0.2, 0) is 11.3 Å². The van der Waals surface area contributed by atoms with Gasteiger partial charge in [-0.15, -0.1) is 0 Å². The van der Waals surface area contributed by atoms with E-state index in [9.17, 15) is 18.8 Å². The third-order valence-corrected chi connectivity index (χ3v) is 7.22. The van der Waals surface area contributed by atoms with Crippen molar-refractivity contribution >= 4 is 22.8 Å². The Kier molecular flexibility index (Phi) is 6.78. The van der Waals surface area contributed by atoms with E-state index in [0.29, 0.717) is 30.1 Å². The zero-order chi connectivity index (χ0) is 28.7. The second-order valence-electron chi connectivity index (χ2n) is 10.2. The van der Waals surface area contributed by atoms with Gasteiger partial charge in [-0.05, 0) is 43.7 Å². The number of carbonyl (C=O) groups is 1. The Hall–Kier alpha value is -4.92. The quantitative estimate of drug-likeness (QED) is 0.246. The highest BCUT2D eigenvalue weighted by Gasteiger charge is 2.33. The van der Waals surface area contributed by atoms with Crippen LogP contribution in [0, 0.1) is 34.7 Å². The van der Waals surface area contributed by atoms with Crippen LogP contribution in [0.1, 0.15) is 25.7 Å². The molecule has 0 radical (unpaired) electrons. The van der Waals surface area contributed by atoms with Gasteiger partial charge in [-0.3, -0.25) is 4.79 Å². The van der Waals surface area contributed by atoms with Crippen molar-refractivity contribution in [3.05, 3.63) is 71.8 Å². The molecule has 9 nitrogen and oxygen atoms in total. The molecule has 12 heteroatoms. The molecule has 2 aromatic heterocycles. The average Bonchev–Trinajstić information content (AvgIpc) is 3.51. The molecule has 1 aliphatic heterocycles. The van der Waals surface area contributed by atoms with Gasteiger partial charge in [0.25, 0.3) is 5.91 Å². The summed E-state index contributed by atoms with van der Waals surface area (Å²) in [7, 11) is 0. The van der Waals surface area contributed by atoms with Crippen LogP contribution in [0.5, 0.6) is 11.5 Å². The van der Waals surface area contributed by atoms with Gasteiger partial charge in [0.1, 0.15) is 58.4 Å². The number of nitrogens with zero attached hydrogens (tertiary/aromatic N) is 6. The van der Waals surface area contributed by atoms with Gasteiger partial charge >= 0.3 is 0 Å². The van der Waals surface area contributed by atoms with Gasteiger partial charge in [-0.25, -0.2) is 27.8 Å². The number of carbonyl (C=O) groups excluding carboxylic acids is 1. The third-order valence-electron chi connectivity index (χ3n) is 7.22. The van der Waals surface area contributed by atoms with Crippen molar-refractivity contribution in [2.75, 3.05) is 12.3 Å². The van der Waals surface area contributed by atoms with Gasteiger partial charge in [0.2, 0.25) is 0 Å². The predicted molar refractivity (Wildman–Crippen MR) is 143 cm³/mol. The molecule has 0 bridgehead atoms. The second-order valence-corrected chi connectivity index (χ2v) is 10.2. The molecule has 1 atom stereocenters. The number of halogens is 3. The fourth-order valence-corrected chi connectivity index (χ4v) is 5.12. The molecule has 2 aliphatic rings. The average molecular weight is 560 g/mol. The van der Waals surface area contributed by atoms with E-state index in [4.69, 9.17) is 10.5 Å². The van der Waals surface area contributed by atoms with Crippen LogP contribution in [0.25, 0.3) is 22.3 Å². The lowest BCUT2D eigenvalue weighted by Crippen LogP contribution is -2.39. The van der Waals surface area contributed by atoms with Crippen LogP contribution >= 0.6 is 0 Å². The topological polar surface area (TPSA) is 123 Å². The van der Waals surface area contributed by atoms with Crippen molar-refractivity contribution in [3.63, 3.8) is 0 Å². The molecule has 1 saturated carbocycles. The Bertz CT molecular complexity index is 1720. The summed E-state index contributed by atoms with van der Waals surface area (Å²) in [6.45, 7) is 0.774. The fourth-order valence-electron chi connectivity index (χ4n) is 5.12. The van der Waals surface area contributed by atoms with Crippen LogP contribution in [0.4, 0.5) is 19.0 Å². The number of hydrogen-bond acceptors (Lipinski definition) is 7. The van der Waals surface area contributed by atoms with Crippen molar-refractivity contribution in [1.82, 2.24) is 24.6 Å². The molecular weight excluding hydrogens is 535 g/mol. The molecule has 0 unspecified atom stereocenters. The number of likely N-dealkylation sites (tertiary alicyclic amines) is 1. The fraction of sp³-hybridized carbons (Fsp3) is 0.276. The largest absolute Gasteiger partial charge is 0.457 e. The number of nitriles is 1. The molecule has 6 rings (SSSR count). The Morgan fingerprint density at radius 1 is 1.10 bits per heavy atom. The van der Waals surface area contributed by atoms with E-state index in [0.717, 1.165) is 37.5 Å². The van der Waals surface area contributed by atoms with E-state index in [1.165, 1.54) is 18.5 Å². The Morgan fingerprint density at radius 2 is 1.88 bits per heavy atom. The van der Waals surface area contributed by atoms with Crippen LogP contribution in [0.2, 0.25) is 0 Å². The number of nitrogen functional groups attached to an aromatic ring is 1. The lowest BCUT2D eigenvalue weighted by molar-refractivity contribution is -0.127. The van der Waals surface area contributed by atoms with Crippen LogP contribution in [0.15, 0.2) is 54.4 Å². The normalized spacial score (nSPS) is 17.2. The van der Waals surface area contributed by atoms with Crippen molar-refractivity contribution in [2.24, 2.45) is 5.92 Å². The smallest absolute Gasteiger partial charge is 0.264 e. The summed E-state index contributed by atoms with van der Waals surface area (Å²) in [4.78, 5) is 23.3. The van der Waals surface area contributed by atoms with Gasteiger partial charge in [0.15, 0.2) is 5.65 Å². The molecule has 208 valence electrons. The monoisotopic (exact) mass is 559 g/mol. The van der Waals surface area contributed by atoms with Gasteiger partial charge in [-0.2, -0.15) is 10.4 Å². The number of rotatable bonds is 7. The molecule has 0 spiro atoms. The summed E-state index contributed by atoms with van der Waals surface area (Å²) < 4.78 is 49.5. The Labute approximate surface area is 232 Å². The maximum Gasteiger partial charge on any atom is 0.264 e. The lowest BCUT2D eigenvalue weighted by Gasteiger charge is -2.24. The summed E-state index contributed by atoms with van der Waals surface area (Å²) in [5, 5.41) is 14.5. The highest BCUT2D eigenvalue weighted by atomic mass is 19.1. The van der Waals surface area contributed by atoms with Gasteiger partial charge in [-0.1, -0.05) is 6.08 Å². The maximum atomic E-state index is 15.4. The van der Waals surface area contributed by atoms with E-state index >= 15 is 4.39 Å². The molecule has 4 aromatic rings. The van der Waals surface area contributed by atoms with E-state index in [1.807, 2.05) is 6.07 Å². The zero-order valence-electron chi connectivity index (χ0n) is 21.7. The lowest BCUT2D eigenvalue weighted by atomic mass is 10.1. The highest BCUT2D eigenvalue weighted by molar-refractivity contribution is 5.99. The van der Waals surface area contributed by atoms with Crippen molar-refractivity contribution in [3.8, 4) is 28.8 Å². The molecule has 41 heavy (non-hydrogen) atoms. The maximum absolute atomic E-state index is 15.4. The third kappa shape index (κ3) is 5.30. The van der Waals surface area contributed by atoms with E-state index in [2.05, 4.69) is 15.1 Å². The van der Waals surface area contributed by atoms with Crippen molar-refractivity contribution < 1.29 is 22.7 Å². The van der Waals surface area contributed by atoms with E-state index < -0.39 is 17.5 Å².